The van der Waals surface area contributed by atoms with Crippen molar-refractivity contribution in [1.29, 1.82) is 0 Å². The molecule has 2 N–H and O–H groups in total. The smallest absolute Gasteiger partial charge is 0.141 e. The Balaban J connectivity index is 2.49. The predicted octanol–water partition coefficient (Wildman–Crippen LogP) is 4.08. The molecule has 0 saturated heterocycles. The van der Waals surface area contributed by atoms with Gasteiger partial charge in [-0.05, 0) is 59.2 Å². The summed E-state index contributed by atoms with van der Waals surface area (Å²) < 4.78 is 11.8. The van der Waals surface area contributed by atoms with E-state index in [-0.39, 0.29) is 5.54 Å². The topological polar surface area (TPSA) is 44.5 Å². The molecule has 1 aromatic rings. The van der Waals surface area contributed by atoms with Gasteiger partial charge in [-0.25, -0.2) is 0 Å². The summed E-state index contributed by atoms with van der Waals surface area (Å²) in [5.74, 6) is 2.74. The molecule has 0 radical (unpaired) electrons. The summed E-state index contributed by atoms with van der Waals surface area (Å²) in [6.45, 7) is 4.55. The van der Waals surface area contributed by atoms with E-state index in [2.05, 4.69) is 35.8 Å². The largest absolute Gasteiger partial charge is 0.495 e. The molecule has 1 aromatic carbocycles. The van der Waals surface area contributed by atoms with E-state index in [4.69, 9.17) is 15.2 Å². The molecule has 4 heteroatoms. The lowest BCUT2D eigenvalue weighted by Crippen LogP contribution is -2.46. The SMILES string of the molecule is COc1ccc(C2(N)CCC(C)CC2C)c(OC)c1Br. The van der Waals surface area contributed by atoms with Crippen molar-refractivity contribution in [3.63, 3.8) is 0 Å². The molecular weight excluding hydrogens is 318 g/mol. The first-order valence-electron chi connectivity index (χ1n) is 7.13. The Morgan fingerprint density at radius 3 is 2.50 bits per heavy atom. The number of methoxy groups -OCH3 is 2. The Morgan fingerprint density at radius 2 is 1.95 bits per heavy atom. The van der Waals surface area contributed by atoms with E-state index in [9.17, 15) is 0 Å². The van der Waals surface area contributed by atoms with Gasteiger partial charge in [0.15, 0.2) is 0 Å². The highest BCUT2D eigenvalue weighted by atomic mass is 79.9. The number of hydrogen-bond donors (Lipinski definition) is 1. The number of hydrogen-bond acceptors (Lipinski definition) is 3. The standard InChI is InChI=1S/C16H24BrNO2/c1-10-7-8-16(18,11(2)9-10)12-5-6-13(19-3)14(17)15(12)20-4/h5-6,10-11H,7-9,18H2,1-4H3. The van der Waals surface area contributed by atoms with E-state index in [0.29, 0.717) is 5.92 Å². The normalized spacial score (nSPS) is 30.1. The van der Waals surface area contributed by atoms with Crippen LogP contribution in [-0.4, -0.2) is 14.2 Å². The Kier molecular flexibility index (Phi) is 4.65. The fraction of sp³-hybridized carbons (Fsp3) is 0.625. The molecule has 0 aromatic heterocycles. The number of rotatable bonds is 3. The van der Waals surface area contributed by atoms with Crippen molar-refractivity contribution in [2.75, 3.05) is 14.2 Å². The highest BCUT2D eigenvalue weighted by Gasteiger charge is 2.40. The monoisotopic (exact) mass is 341 g/mol. The van der Waals surface area contributed by atoms with E-state index >= 15 is 0 Å². The van der Waals surface area contributed by atoms with Crippen LogP contribution in [-0.2, 0) is 5.54 Å². The van der Waals surface area contributed by atoms with Crippen LogP contribution in [0.4, 0.5) is 0 Å². The summed E-state index contributed by atoms with van der Waals surface area (Å²) >= 11 is 3.57. The molecule has 0 amide bonds. The second-order valence-electron chi connectivity index (χ2n) is 5.98. The highest BCUT2D eigenvalue weighted by Crippen LogP contribution is 2.48. The Bertz CT molecular complexity index is 492. The summed E-state index contributed by atoms with van der Waals surface area (Å²) in [5, 5.41) is 0. The molecular formula is C16H24BrNO2. The molecule has 20 heavy (non-hydrogen) atoms. The van der Waals surface area contributed by atoms with Crippen molar-refractivity contribution in [3.05, 3.63) is 22.2 Å². The summed E-state index contributed by atoms with van der Waals surface area (Å²) in [7, 11) is 3.34. The van der Waals surface area contributed by atoms with Gasteiger partial charge in [0.1, 0.15) is 16.0 Å². The van der Waals surface area contributed by atoms with Crippen LogP contribution in [0.5, 0.6) is 11.5 Å². The van der Waals surface area contributed by atoms with E-state index in [1.54, 1.807) is 14.2 Å². The predicted molar refractivity (Wildman–Crippen MR) is 85.3 cm³/mol. The minimum atomic E-state index is -0.327. The van der Waals surface area contributed by atoms with Gasteiger partial charge < -0.3 is 15.2 Å². The van der Waals surface area contributed by atoms with Crippen molar-refractivity contribution in [2.45, 2.75) is 38.6 Å². The zero-order valence-electron chi connectivity index (χ0n) is 12.7. The van der Waals surface area contributed by atoms with E-state index in [1.807, 2.05) is 6.07 Å². The first-order chi connectivity index (χ1) is 9.43. The fourth-order valence-corrected chi connectivity index (χ4v) is 3.99. The zero-order chi connectivity index (χ0) is 14.9. The average Bonchev–Trinajstić information content (AvgIpc) is 2.43. The average molecular weight is 342 g/mol. The molecule has 3 atom stereocenters. The van der Waals surface area contributed by atoms with Crippen molar-refractivity contribution >= 4 is 15.9 Å². The van der Waals surface area contributed by atoms with Crippen LogP contribution in [0.15, 0.2) is 16.6 Å². The second kappa shape index (κ2) is 5.94. The van der Waals surface area contributed by atoms with E-state index in [0.717, 1.165) is 46.7 Å². The molecule has 0 spiro atoms. The quantitative estimate of drug-likeness (QED) is 0.900. The maximum absolute atomic E-state index is 6.78. The molecule has 1 saturated carbocycles. The molecule has 0 aliphatic heterocycles. The minimum absolute atomic E-state index is 0.327. The molecule has 0 heterocycles. The molecule has 1 fully saturated rings. The van der Waals surface area contributed by atoms with Crippen LogP contribution in [0.3, 0.4) is 0 Å². The molecule has 2 rings (SSSR count). The van der Waals surface area contributed by atoms with Crippen LogP contribution in [0.1, 0.15) is 38.7 Å². The zero-order valence-corrected chi connectivity index (χ0v) is 14.3. The Morgan fingerprint density at radius 1 is 1.25 bits per heavy atom. The van der Waals surface area contributed by atoms with Crippen molar-refractivity contribution in [3.8, 4) is 11.5 Å². The third kappa shape index (κ3) is 2.56. The third-order valence-electron chi connectivity index (χ3n) is 4.67. The minimum Gasteiger partial charge on any atom is -0.495 e. The fourth-order valence-electron chi connectivity index (χ4n) is 3.33. The van der Waals surface area contributed by atoms with Crippen molar-refractivity contribution < 1.29 is 9.47 Å². The van der Waals surface area contributed by atoms with Crippen LogP contribution < -0.4 is 15.2 Å². The highest BCUT2D eigenvalue weighted by molar-refractivity contribution is 9.10. The molecule has 3 unspecified atom stereocenters. The molecule has 1 aliphatic rings. The maximum Gasteiger partial charge on any atom is 0.141 e. The van der Waals surface area contributed by atoms with Crippen LogP contribution >= 0.6 is 15.9 Å². The van der Waals surface area contributed by atoms with Crippen LogP contribution in [0.2, 0.25) is 0 Å². The van der Waals surface area contributed by atoms with Gasteiger partial charge in [0.2, 0.25) is 0 Å². The summed E-state index contributed by atoms with van der Waals surface area (Å²) in [6, 6.07) is 4.01. The van der Waals surface area contributed by atoms with E-state index in [1.165, 1.54) is 0 Å². The number of benzene rings is 1. The van der Waals surface area contributed by atoms with Gasteiger partial charge in [0.25, 0.3) is 0 Å². The molecule has 112 valence electrons. The first-order valence-corrected chi connectivity index (χ1v) is 7.93. The van der Waals surface area contributed by atoms with Crippen LogP contribution in [0, 0.1) is 11.8 Å². The van der Waals surface area contributed by atoms with Crippen molar-refractivity contribution in [1.82, 2.24) is 0 Å². The first kappa shape index (κ1) is 15.6. The van der Waals surface area contributed by atoms with Crippen molar-refractivity contribution in [2.24, 2.45) is 17.6 Å². The van der Waals surface area contributed by atoms with Gasteiger partial charge in [-0.15, -0.1) is 0 Å². The maximum atomic E-state index is 6.78. The molecule has 0 bridgehead atoms. The number of halogens is 1. The van der Waals surface area contributed by atoms with Gasteiger partial charge in [-0.3, -0.25) is 0 Å². The Hall–Kier alpha value is -0.740. The third-order valence-corrected chi connectivity index (χ3v) is 5.42. The number of nitrogens with two attached hydrogens (primary N) is 1. The Labute approximate surface area is 130 Å². The lowest BCUT2D eigenvalue weighted by atomic mass is 9.67. The second-order valence-corrected chi connectivity index (χ2v) is 6.78. The summed E-state index contributed by atoms with van der Waals surface area (Å²) in [4.78, 5) is 0. The summed E-state index contributed by atoms with van der Waals surface area (Å²) in [5.41, 5.74) is 7.53. The van der Waals surface area contributed by atoms with Gasteiger partial charge >= 0.3 is 0 Å². The van der Waals surface area contributed by atoms with Gasteiger partial charge in [0, 0.05) is 11.1 Å². The lowest BCUT2D eigenvalue weighted by molar-refractivity contribution is 0.160. The summed E-state index contributed by atoms with van der Waals surface area (Å²) in [6.07, 6.45) is 3.31. The van der Waals surface area contributed by atoms with Gasteiger partial charge in [0.05, 0.1) is 14.2 Å². The van der Waals surface area contributed by atoms with Crippen LogP contribution in [0.25, 0.3) is 0 Å². The van der Waals surface area contributed by atoms with Gasteiger partial charge in [-0.1, -0.05) is 13.8 Å². The van der Waals surface area contributed by atoms with E-state index < -0.39 is 0 Å². The number of ether oxygens (including phenoxy) is 2. The molecule has 1 aliphatic carbocycles. The molecule has 3 nitrogen and oxygen atoms in total. The lowest BCUT2D eigenvalue weighted by Gasteiger charge is -2.43. The van der Waals surface area contributed by atoms with Gasteiger partial charge in [-0.2, -0.15) is 0 Å².